The fourth-order valence-corrected chi connectivity index (χ4v) is 4.71. The van der Waals surface area contributed by atoms with Gasteiger partial charge in [0, 0.05) is 50.9 Å². The van der Waals surface area contributed by atoms with Crippen LogP contribution in [0.2, 0.25) is 0 Å². The van der Waals surface area contributed by atoms with E-state index in [1.165, 1.54) is 19.3 Å². The van der Waals surface area contributed by atoms with Crippen LogP contribution < -0.4 is 4.74 Å². The lowest BCUT2D eigenvalue weighted by Gasteiger charge is -2.37. The third-order valence-electron chi connectivity index (χ3n) is 6.53. The van der Waals surface area contributed by atoms with Crippen molar-refractivity contribution in [2.24, 2.45) is 0 Å². The van der Waals surface area contributed by atoms with E-state index in [9.17, 15) is 9.59 Å². The largest absolute Gasteiger partial charge is 0.472 e. The maximum absolute atomic E-state index is 13.6. The van der Waals surface area contributed by atoms with Gasteiger partial charge in [0.2, 0.25) is 11.8 Å². The van der Waals surface area contributed by atoms with E-state index in [1.54, 1.807) is 17.2 Å². The third-order valence-corrected chi connectivity index (χ3v) is 6.53. The summed E-state index contributed by atoms with van der Waals surface area (Å²) in [6, 6.07) is 5.58. The standard InChI is InChI=1S/C24H36N4O4/c1-24(2,3)32-23(30)28-17-19(31-21-10-4-5-11-25-21)16-20(28)22(29)27-13-7-12-26(14-15-27)18-8-6-9-18/h4-5,10-11,18-20H,6-9,12-17H2,1-3H3/t19-,20+/m0/s1. The molecular formula is C24H36N4O4. The monoisotopic (exact) mass is 444 g/mol. The minimum Gasteiger partial charge on any atom is -0.472 e. The van der Waals surface area contributed by atoms with Gasteiger partial charge in [-0.3, -0.25) is 14.6 Å². The summed E-state index contributed by atoms with van der Waals surface area (Å²) in [7, 11) is 0. The van der Waals surface area contributed by atoms with Gasteiger partial charge in [-0.25, -0.2) is 9.78 Å². The van der Waals surface area contributed by atoms with E-state index in [2.05, 4.69) is 9.88 Å². The molecule has 4 rings (SSSR count). The zero-order chi connectivity index (χ0) is 22.7. The molecule has 1 aromatic rings. The zero-order valence-corrected chi connectivity index (χ0v) is 19.5. The first-order chi connectivity index (χ1) is 15.3. The lowest BCUT2D eigenvalue weighted by atomic mass is 9.91. The highest BCUT2D eigenvalue weighted by Crippen LogP contribution is 2.28. The molecule has 2 saturated heterocycles. The Bertz CT molecular complexity index is 793. The number of pyridine rings is 1. The lowest BCUT2D eigenvalue weighted by Crippen LogP contribution is -2.50. The summed E-state index contributed by atoms with van der Waals surface area (Å²) >= 11 is 0. The highest BCUT2D eigenvalue weighted by Gasteiger charge is 2.44. The van der Waals surface area contributed by atoms with Crippen molar-refractivity contribution in [2.75, 3.05) is 32.7 Å². The van der Waals surface area contributed by atoms with Gasteiger partial charge in [0.1, 0.15) is 17.7 Å². The smallest absolute Gasteiger partial charge is 0.411 e. The second-order valence-electron chi connectivity index (χ2n) is 10.1. The molecule has 2 atom stereocenters. The van der Waals surface area contributed by atoms with E-state index >= 15 is 0 Å². The molecule has 0 bridgehead atoms. The summed E-state index contributed by atoms with van der Waals surface area (Å²) in [5, 5.41) is 0. The van der Waals surface area contributed by atoms with Crippen molar-refractivity contribution in [3.63, 3.8) is 0 Å². The van der Waals surface area contributed by atoms with Gasteiger partial charge in [0.05, 0.1) is 6.54 Å². The van der Waals surface area contributed by atoms with Gasteiger partial charge in [-0.05, 0) is 46.1 Å². The molecule has 0 unspecified atom stereocenters. The Morgan fingerprint density at radius 2 is 1.88 bits per heavy atom. The summed E-state index contributed by atoms with van der Waals surface area (Å²) in [6.07, 6.45) is 6.18. The van der Waals surface area contributed by atoms with Crippen molar-refractivity contribution in [3.05, 3.63) is 24.4 Å². The molecule has 8 nitrogen and oxygen atoms in total. The number of hydrogen-bond donors (Lipinski definition) is 0. The fraction of sp³-hybridized carbons (Fsp3) is 0.708. The van der Waals surface area contributed by atoms with Crippen LogP contribution in [0, 0.1) is 0 Å². The number of rotatable bonds is 4. The van der Waals surface area contributed by atoms with E-state index in [0.717, 1.165) is 26.1 Å². The molecule has 3 fully saturated rings. The van der Waals surface area contributed by atoms with Crippen LogP contribution in [0.1, 0.15) is 52.9 Å². The van der Waals surface area contributed by atoms with Gasteiger partial charge in [-0.15, -0.1) is 0 Å². The number of nitrogens with zero attached hydrogens (tertiary/aromatic N) is 4. The normalized spacial score (nSPS) is 25.2. The second-order valence-corrected chi connectivity index (χ2v) is 10.1. The maximum Gasteiger partial charge on any atom is 0.411 e. The Kier molecular flexibility index (Phi) is 6.88. The first-order valence-electron chi connectivity index (χ1n) is 11.9. The highest BCUT2D eigenvalue weighted by atomic mass is 16.6. The highest BCUT2D eigenvalue weighted by molar-refractivity contribution is 5.86. The van der Waals surface area contributed by atoms with Crippen molar-refractivity contribution in [2.45, 2.75) is 76.7 Å². The zero-order valence-electron chi connectivity index (χ0n) is 19.5. The predicted octanol–water partition coefficient (Wildman–Crippen LogP) is 2.93. The van der Waals surface area contributed by atoms with Crippen molar-refractivity contribution in [3.8, 4) is 5.88 Å². The SMILES string of the molecule is CC(C)(C)OC(=O)N1C[C@@H](Oc2ccccn2)C[C@@H]1C(=O)N1CCCN(C2CCC2)CC1. The third kappa shape index (κ3) is 5.52. The maximum atomic E-state index is 13.6. The predicted molar refractivity (Wildman–Crippen MR) is 120 cm³/mol. The Morgan fingerprint density at radius 1 is 1.06 bits per heavy atom. The topological polar surface area (TPSA) is 75.2 Å². The summed E-state index contributed by atoms with van der Waals surface area (Å²) < 4.78 is 11.6. The van der Waals surface area contributed by atoms with Crippen molar-refractivity contribution < 1.29 is 19.1 Å². The van der Waals surface area contributed by atoms with Crippen molar-refractivity contribution >= 4 is 12.0 Å². The molecule has 3 heterocycles. The van der Waals surface area contributed by atoms with Crippen molar-refractivity contribution in [1.29, 1.82) is 0 Å². The van der Waals surface area contributed by atoms with Gasteiger partial charge in [-0.1, -0.05) is 12.5 Å². The van der Waals surface area contributed by atoms with Crippen LogP contribution in [0.25, 0.3) is 0 Å². The number of ether oxygens (including phenoxy) is 2. The van der Waals surface area contributed by atoms with Crippen LogP contribution in [-0.4, -0.2) is 88.2 Å². The molecule has 0 spiro atoms. The molecule has 3 aliphatic rings. The fourth-order valence-electron chi connectivity index (χ4n) is 4.71. The van der Waals surface area contributed by atoms with Crippen LogP contribution in [0.15, 0.2) is 24.4 Å². The molecule has 0 aromatic carbocycles. The molecule has 32 heavy (non-hydrogen) atoms. The van der Waals surface area contributed by atoms with Gasteiger partial charge in [0.15, 0.2) is 0 Å². The van der Waals surface area contributed by atoms with E-state index in [-0.39, 0.29) is 12.0 Å². The number of hydrogen-bond acceptors (Lipinski definition) is 6. The molecule has 1 aliphatic carbocycles. The summed E-state index contributed by atoms with van der Waals surface area (Å²) in [4.78, 5) is 36.8. The Hall–Kier alpha value is -2.35. The quantitative estimate of drug-likeness (QED) is 0.711. The minimum absolute atomic E-state index is 0.00144. The molecule has 8 heteroatoms. The van der Waals surface area contributed by atoms with Gasteiger partial charge in [0.25, 0.3) is 0 Å². The first kappa shape index (κ1) is 22.8. The molecule has 2 aliphatic heterocycles. The molecule has 2 amide bonds. The Balaban J connectivity index is 1.44. The van der Waals surface area contributed by atoms with Crippen LogP contribution in [-0.2, 0) is 9.53 Å². The second kappa shape index (κ2) is 9.65. The van der Waals surface area contributed by atoms with Crippen LogP contribution in [0.4, 0.5) is 4.79 Å². The van der Waals surface area contributed by atoms with Crippen LogP contribution in [0.5, 0.6) is 5.88 Å². The average Bonchev–Trinajstić information content (AvgIpc) is 2.97. The lowest BCUT2D eigenvalue weighted by molar-refractivity contribution is -0.135. The first-order valence-corrected chi connectivity index (χ1v) is 11.9. The van der Waals surface area contributed by atoms with E-state index in [0.29, 0.717) is 31.4 Å². The van der Waals surface area contributed by atoms with Gasteiger partial charge < -0.3 is 14.4 Å². The molecule has 1 aromatic heterocycles. The summed E-state index contributed by atoms with van der Waals surface area (Å²) in [5.41, 5.74) is -0.628. The van der Waals surface area contributed by atoms with E-state index < -0.39 is 17.7 Å². The van der Waals surface area contributed by atoms with Crippen molar-refractivity contribution in [1.82, 2.24) is 19.7 Å². The van der Waals surface area contributed by atoms with Gasteiger partial charge >= 0.3 is 6.09 Å². The number of carbonyl (C=O) groups excluding carboxylic acids is 2. The molecule has 0 radical (unpaired) electrons. The van der Waals surface area contributed by atoms with E-state index in [1.807, 2.05) is 37.8 Å². The molecule has 0 N–H and O–H groups in total. The molecule has 1 saturated carbocycles. The average molecular weight is 445 g/mol. The molecule has 176 valence electrons. The number of amides is 2. The summed E-state index contributed by atoms with van der Waals surface area (Å²) in [5.74, 6) is 0.499. The Morgan fingerprint density at radius 3 is 2.53 bits per heavy atom. The van der Waals surface area contributed by atoms with E-state index in [4.69, 9.17) is 9.47 Å². The van der Waals surface area contributed by atoms with Crippen LogP contribution >= 0.6 is 0 Å². The number of aromatic nitrogens is 1. The summed E-state index contributed by atoms with van der Waals surface area (Å²) in [6.45, 7) is 9.20. The van der Waals surface area contributed by atoms with Gasteiger partial charge in [-0.2, -0.15) is 0 Å². The molecular weight excluding hydrogens is 408 g/mol. The minimum atomic E-state index is -0.628. The number of likely N-dealkylation sites (tertiary alicyclic amines) is 1. The van der Waals surface area contributed by atoms with Crippen LogP contribution in [0.3, 0.4) is 0 Å². The Labute approximate surface area is 190 Å². The number of carbonyl (C=O) groups is 2.